The fourth-order valence-corrected chi connectivity index (χ4v) is 4.48. The summed E-state index contributed by atoms with van der Waals surface area (Å²) in [5.74, 6) is -0.749. The topological polar surface area (TPSA) is 105 Å². The lowest BCUT2D eigenvalue weighted by Gasteiger charge is -2.21. The number of rotatable bonds is 4. The molecule has 0 saturated carbocycles. The van der Waals surface area contributed by atoms with Gasteiger partial charge in [-0.2, -0.15) is 4.31 Å². The minimum atomic E-state index is -3.95. The van der Waals surface area contributed by atoms with Crippen LogP contribution in [-0.2, 0) is 21.4 Å². The highest BCUT2D eigenvalue weighted by atomic mass is 32.2. The predicted octanol–water partition coefficient (Wildman–Crippen LogP) is 0.603. The number of nitrogens with one attached hydrogen (secondary N) is 1. The van der Waals surface area contributed by atoms with Gasteiger partial charge in [0.2, 0.25) is 15.9 Å². The molecule has 0 bridgehead atoms. The second kappa shape index (κ2) is 7.36. The van der Waals surface area contributed by atoms with Crippen LogP contribution in [0.1, 0.15) is 30.0 Å². The van der Waals surface area contributed by atoms with Crippen molar-refractivity contribution in [3.05, 3.63) is 42.0 Å². The molecule has 2 amide bonds. The summed E-state index contributed by atoms with van der Waals surface area (Å²) < 4.78 is 29.1. The van der Waals surface area contributed by atoms with E-state index in [1.807, 2.05) is 13.8 Å². The van der Waals surface area contributed by atoms with E-state index in [9.17, 15) is 18.0 Å². The van der Waals surface area contributed by atoms with Crippen molar-refractivity contribution >= 4 is 21.8 Å². The molecule has 150 valence electrons. The number of hydrogen-bond donors (Lipinski definition) is 1. The summed E-state index contributed by atoms with van der Waals surface area (Å²) in [4.78, 5) is 30.5. The first-order chi connectivity index (χ1) is 13.1. The molecule has 0 fully saturated rings. The van der Waals surface area contributed by atoms with Gasteiger partial charge in [-0.1, -0.05) is 12.1 Å². The Morgan fingerprint density at radius 3 is 2.57 bits per heavy atom. The quantitative estimate of drug-likeness (QED) is 0.802. The second-order valence-corrected chi connectivity index (χ2v) is 8.97. The molecule has 1 aliphatic heterocycles. The predicted molar refractivity (Wildman–Crippen MR) is 102 cm³/mol. The average Bonchev–Trinajstić information content (AvgIpc) is 3.00. The van der Waals surface area contributed by atoms with Gasteiger partial charge in [-0.15, -0.1) is 0 Å². The van der Waals surface area contributed by atoms with Crippen LogP contribution in [0.15, 0.2) is 35.5 Å². The van der Waals surface area contributed by atoms with Gasteiger partial charge in [0.25, 0.3) is 5.91 Å². The van der Waals surface area contributed by atoms with Gasteiger partial charge in [0.1, 0.15) is 11.2 Å². The molecule has 28 heavy (non-hydrogen) atoms. The minimum Gasteiger partial charge on any atom is -0.348 e. The van der Waals surface area contributed by atoms with Crippen molar-refractivity contribution < 1.29 is 18.0 Å². The van der Waals surface area contributed by atoms with E-state index in [0.29, 0.717) is 11.4 Å². The Bertz CT molecular complexity index is 1030. The molecule has 3 rings (SSSR count). The van der Waals surface area contributed by atoms with Gasteiger partial charge in [-0.25, -0.2) is 13.4 Å². The zero-order valence-corrected chi connectivity index (χ0v) is 17.0. The van der Waals surface area contributed by atoms with E-state index in [2.05, 4.69) is 10.3 Å². The maximum Gasteiger partial charge on any atom is 0.272 e. The summed E-state index contributed by atoms with van der Waals surface area (Å²) in [7, 11) is -0.822. The SMILES string of the molecule is CC(C)NC(=O)c1ncn2c1CN(CC(=O)N(C)C)S(=O)(=O)c1ccccc1-2. The number of hydrogen-bond acceptors (Lipinski definition) is 5. The summed E-state index contributed by atoms with van der Waals surface area (Å²) >= 11 is 0. The number of carbonyl (C=O) groups is 2. The third-order valence-electron chi connectivity index (χ3n) is 4.38. The smallest absolute Gasteiger partial charge is 0.272 e. The minimum absolute atomic E-state index is 0.0634. The van der Waals surface area contributed by atoms with Crippen LogP contribution in [0.3, 0.4) is 0 Å². The monoisotopic (exact) mass is 405 g/mol. The number of nitrogens with zero attached hydrogens (tertiary/aromatic N) is 4. The molecule has 2 aromatic rings. The van der Waals surface area contributed by atoms with Crippen LogP contribution >= 0.6 is 0 Å². The highest BCUT2D eigenvalue weighted by Crippen LogP contribution is 2.31. The zero-order chi connectivity index (χ0) is 20.6. The Hall–Kier alpha value is -2.72. The van der Waals surface area contributed by atoms with E-state index in [0.717, 1.165) is 4.31 Å². The Morgan fingerprint density at radius 1 is 1.25 bits per heavy atom. The molecule has 10 heteroatoms. The Morgan fingerprint density at radius 2 is 1.93 bits per heavy atom. The van der Waals surface area contributed by atoms with Crippen LogP contribution in [-0.4, -0.2) is 65.7 Å². The number of aromatic nitrogens is 2. The molecule has 1 aliphatic rings. The standard InChI is InChI=1S/C18H23N5O4S/c1-12(2)20-18(25)17-14-9-22(10-16(24)21(3)4)28(26,27)15-8-6-5-7-13(15)23(14)11-19-17/h5-8,11-12H,9-10H2,1-4H3,(H,20,25). The first kappa shape index (κ1) is 20.0. The van der Waals surface area contributed by atoms with Crippen molar-refractivity contribution in [1.29, 1.82) is 0 Å². The van der Waals surface area contributed by atoms with Gasteiger partial charge >= 0.3 is 0 Å². The van der Waals surface area contributed by atoms with Gasteiger partial charge in [0.15, 0.2) is 5.69 Å². The van der Waals surface area contributed by atoms with Gasteiger partial charge in [-0.3, -0.25) is 14.2 Å². The van der Waals surface area contributed by atoms with Crippen LogP contribution in [0.4, 0.5) is 0 Å². The lowest BCUT2D eigenvalue weighted by Crippen LogP contribution is -2.40. The maximum absolute atomic E-state index is 13.2. The number of fused-ring (bicyclic) bond motifs is 3. The van der Waals surface area contributed by atoms with E-state index >= 15 is 0 Å². The molecule has 0 unspecified atom stereocenters. The van der Waals surface area contributed by atoms with Crippen molar-refractivity contribution in [2.75, 3.05) is 20.6 Å². The van der Waals surface area contributed by atoms with E-state index in [4.69, 9.17) is 0 Å². The largest absolute Gasteiger partial charge is 0.348 e. The van der Waals surface area contributed by atoms with E-state index in [1.165, 1.54) is 17.3 Å². The summed E-state index contributed by atoms with van der Waals surface area (Å²) in [6, 6.07) is 6.38. The zero-order valence-electron chi connectivity index (χ0n) is 16.2. The Labute approximate surface area is 164 Å². The number of carbonyl (C=O) groups excluding carboxylic acids is 2. The summed E-state index contributed by atoms with van der Waals surface area (Å²) in [5.41, 5.74) is 0.953. The summed E-state index contributed by atoms with van der Waals surface area (Å²) in [6.07, 6.45) is 1.44. The molecule has 0 spiro atoms. The van der Waals surface area contributed by atoms with Crippen LogP contribution in [0.5, 0.6) is 0 Å². The Balaban J connectivity index is 2.17. The van der Waals surface area contributed by atoms with Crippen LogP contribution in [0.25, 0.3) is 5.69 Å². The lowest BCUT2D eigenvalue weighted by molar-refractivity contribution is -0.128. The third-order valence-corrected chi connectivity index (χ3v) is 6.22. The van der Waals surface area contributed by atoms with Crippen molar-refractivity contribution in [2.24, 2.45) is 0 Å². The van der Waals surface area contributed by atoms with Gasteiger partial charge in [0, 0.05) is 20.1 Å². The molecule has 2 heterocycles. The van der Waals surface area contributed by atoms with Crippen LogP contribution in [0, 0.1) is 0 Å². The van der Waals surface area contributed by atoms with Gasteiger partial charge < -0.3 is 10.2 Å². The fourth-order valence-electron chi connectivity index (χ4n) is 2.95. The summed E-state index contributed by atoms with van der Waals surface area (Å²) in [5, 5.41) is 2.78. The highest BCUT2D eigenvalue weighted by Gasteiger charge is 2.36. The number of amides is 2. The van der Waals surface area contributed by atoms with Crippen molar-refractivity contribution in [1.82, 2.24) is 24.1 Å². The van der Waals surface area contributed by atoms with Gasteiger partial charge in [0.05, 0.1) is 24.5 Å². The molecule has 0 atom stereocenters. The number of sulfonamides is 1. The number of benzene rings is 1. The molecular formula is C18H23N5O4S. The summed E-state index contributed by atoms with van der Waals surface area (Å²) in [6.45, 7) is 3.18. The molecule has 0 saturated heterocycles. The van der Waals surface area contributed by atoms with Crippen LogP contribution < -0.4 is 5.32 Å². The Kier molecular flexibility index (Phi) is 5.26. The molecule has 1 N–H and O–H groups in total. The second-order valence-electron chi connectivity index (χ2n) is 7.07. The first-order valence-electron chi connectivity index (χ1n) is 8.79. The highest BCUT2D eigenvalue weighted by molar-refractivity contribution is 7.89. The lowest BCUT2D eigenvalue weighted by atomic mass is 10.2. The van der Waals surface area contributed by atoms with E-state index < -0.39 is 10.0 Å². The van der Waals surface area contributed by atoms with Crippen LogP contribution in [0.2, 0.25) is 0 Å². The van der Waals surface area contributed by atoms with Crippen molar-refractivity contribution in [3.8, 4) is 5.69 Å². The average molecular weight is 405 g/mol. The molecule has 9 nitrogen and oxygen atoms in total. The maximum atomic E-state index is 13.2. The molecule has 0 radical (unpaired) electrons. The van der Waals surface area contributed by atoms with E-state index in [1.54, 1.807) is 36.9 Å². The number of likely N-dealkylation sites (N-methyl/N-ethyl adjacent to an activating group) is 1. The normalized spacial score (nSPS) is 15.5. The molecule has 1 aromatic carbocycles. The molecule has 1 aromatic heterocycles. The molecule has 0 aliphatic carbocycles. The molecular weight excluding hydrogens is 382 g/mol. The fraction of sp³-hybridized carbons (Fsp3) is 0.389. The number of para-hydroxylation sites is 1. The van der Waals surface area contributed by atoms with Crippen molar-refractivity contribution in [2.45, 2.75) is 31.3 Å². The number of imidazole rings is 1. The first-order valence-corrected chi connectivity index (χ1v) is 10.2. The third kappa shape index (κ3) is 3.52. The van der Waals surface area contributed by atoms with E-state index in [-0.39, 0.29) is 41.5 Å². The van der Waals surface area contributed by atoms with Gasteiger partial charge in [-0.05, 0) is 26.0 Å². The van der Waals surface area contributed by atoms with Crippen molar-refractivity contribution in [3.63, 3.8) is 0 Å².